The van der Waals surface area contributed by atoms with Crippen molar-refractivity contribution >= 4 is 57.2 Å². The number of benzene rings is 12. The third kappa shape index (κ3) is 10.8. The number of hydrogen-bond donors (Lipinski definition) is 0. The maximum atomic E-state index is 9.59. The molecule has 2 heterocycles. The van der Waals surface area contributed by atoms with Crippen LogP contribution in [0.4, 0.5) is 34.1 Å². The maximum absolute atomic E-state index is 9.59. The van der Waals surface area contributed by atoms with Gasteiger partial charge in [-0.15, -0.1) is 0 Å². The van der Waals surface area contributed by atoms with Crippen molar-refractivity contribution in [3.63, 3.8) is 0 Å². The lowest BCUT2D eigenvalue weighted by atomic mass is 9.33. The fourth-order valence-electron chi connectivity index (χ4n) is 13.6. The van der Waals surface area contributed by atoms with E-state index in [1.807, 2.05) is 48.5 Å². The van der Waals surface area contributed by atoms with Gasteiger partial charge in [0.05, 0.1) is 25.1 Å². The van der Waals surface area contributed by atoms with Crippen LogP contribution in [0.5, 0.6) is 0 Å². The Morgan fingerprint density at radius 2 is 0.615 bits per heavy atom. The molecule has 0 saturated heterocycles. The van der Waals surface area contributed by atoms with Crippen molar-refractivity contribution in [1.82, 2.24) is 0 Å². The molecule has 0 bridgehead atoms. The second-order valence-corrected chi connectivity index (χ2v) is 28.6. The molecule has 0 aliphatic carbocycles. The van der Waals surface area contributed by atoms with Crippen LogP contribution < -0.4 is 26.2 Å². The van der Waals surface area contributed by atoms with E-state index in [2.05, 4.69) is 257 Å². The molecule has 12 aromatic rings. The first-order valence-electron chi connectivity index (χ1n) is 36.8. The van der Waals surface area contributed by atoms with Crippen LogP contribution in [-0.2, 0) is 21.7 Å². The van der Waals surface area contributed by atoms with E-state index in [4.69, 9.17) is 8.22 Å². The van der Waals surface area contributed by atoms with Crippen molar-refractivity contribution in [1.29, 1.82) is 0 Å². The average molecular weight is 1190 g/mol. The highest BCUT2D eigenvalue weighted by atomic mass is 15.2. The van der Waals surface area contributed by atoms with Crippen molar-refractivity contribution < 1.29 is 13.7 Å². The Hall–Kier alpha value is -9.70. The van der Waals surface area contributed by atoms with E-state index in [9.17, 15) is 5.48 Å². The summed E-state index contributed by atoms with van der Waals surface area (Å²) in [6.07, 6.45) is 0. The molecule has 0 spiro atoms. The number of anilines is 6. The normalized spacial score (nSPS) is 14.5. The Labute approximate surface area is 555 Å². The summed E-state index contributed by atoms with van der Waals surface area (Å²) in [6, 6.07) is 71.1. The van der Waals surface area contributed by atoms with Gasteiger partial charge in [-0.2, -0.15) is 0 Å². The molecule has 0 unspecified atom stereocenters. The predicted octanol–water partition coefficient (Wildman–Crippen LogP) is 22.6. The molecule has 2 aliphatic heterocycles. The second-order valence-electron chi connectivity index (χ2n) is 28.6. The van der Waals surface area contributed by atoms with Gasteiger partial charge in [-0.1, -0.05) is 307 Å². The van der Waals surface area contributed by atoms with Gasteiger partial charge < -0.3 is 9.80 Å². The van der Waals surface area contributed by atoms with Crippen LogP contribution in [0, 0.1) is 0 Å². The lowest BCUT2D eigenvalue weighted by Gasteiger charge is -2.46. The topological polar surface area (TPSA) is 6.48 Å². The first-order valence-corrected chi connectivity index (χ1v) is 31.8. The SMILES string of the molecule is [2H]c1c([2H])c([2H])c(-c2ccc3c(c2)N(c2c(-c4ccccc4)cc(C(C)(C)C)cc2-c2ccccc2)c2cc(-c4ccc(C(C)(C)C)cc4C(C)(C)C)cc4c2B3c2ccc(-c3c([2H])c([2H])c([2H])c([2H])c3[2H])cc2N4c2c(-c3ccccc3)cc(C(C)(C)C)cc2-c2ccccc2)c([2H])c1[2H]. The largest absolute Gasteiger partial charge is 0.310 e. The minimum absolute atomic E-state index is 0.0708. The van der Waals surface area contributed by atoms with Gasteiger partial charge in [0, 0.05) is 45.0 Å². The predicted molar refractivity (Wildman–Crippen MR) is 393 cm³/mol. The smallest absolute Gasteiger partial charge is 0.252 e. The average Bonchev–Trinajstić information content (AvgIpc) is 0.685. The van der Waals surface area contributed by atoms with Gasteiger partial charge in [-0.25, -0.2) is 0 Å². The van der Waals surface area contributed by atoms with Crippen molar-refractivity contribution in [3.05, 3.63) is 295 Å². The van der Waals surface area contributed by atoms with Crippen LogP contribution in [0.2, 0.25) is 0 Å². The Kier molecular flexibility index (Phi) is 12.0. The highest BCUT2D eigenvalue weighted by Crippen LogP contribution is 2.56. The van der Waals surface area contributed by atoms with Crippen LogP contribution in [-0.4, -0.2) is 6.71 Å². The van der Waals surface area contributed by atoms with Gasteiger partial charge in [0.25, 0.3) is 6.71 Å². The molecule has 0 amide bonds. The van der Waals surface area contributed by atoms with E-state index in [1.165, 1.54) is 5.56 Å². The third-order valence-electron chi connectivity index (χ3n) is 18.4. The maximum Gasteiger partial charge on any atom is 0.252 e. The van der Waals surface area contributed by atoms with E-state index in [0.717, 1.165) is 111 Å². The summed E-state index contributed by atoms with van der Waals surface area (Å²) in [5.41, 5.74) is 21.4. The summed E-state index contributed by atoms with van der Waals surface area (Å²) in [6.45, 7) is 26.4. The molecule has 91 heavy (non-hydrogen) atoms. The molecule has 0 saturated carbocycles. The van der Waals surface area contributed by atoms with Gasteiger partial charge in [0.15, 0.2) is 0 Å². The molecular formula is C88H81BN2. The van der Waals surface area contributed by atoms with E-state index in [-0.39, 0.29) is 51.5 Å². The monoisotopic (exact) mass is 1190 g/mol. The van der Waals surface area contributed by atoms with Crippen LogP contribution in [0.25, 0.3) is 77.9 Å². The van der Waals surface area contributed by atoms with Gasteiger partial charge in [0.1, 0.15) is 0 Å². The molecule has 0 N–H and O–H groups in total. The Balaban J connectivity index is 1.26. The number of rotatable bonds is 9. The fourth-order valence-corrected chi connectivity index (χ4v) is 13.6. The summed E-state index contributed by atoms with van der Waals surface area (Å²) < 4.78 is 92.3. The van der Waals surface area contributed by atoms with Crippen LogP contribution in [0.15, 0.2) is 273 Å². The van der Waals surface area contributed by atoms with Crippen molar-refractivity contribution in [2.24, 2.45) is 0 Å². The molecule has 0 atom stereocenters. The standard InChI is InChI=1S/C88H81BN2/c1-85(2,3)67-45-46-70(75(57-67)88(10,11)12)66-51-80-82-81(52-66)91(84-73(62-39-27-17-28-40-62)55-69(87(7,8)9)56-74(84)63-41-29-18-30-42-63)79-50-65(59-33-21-14-22-34-59)44-48-77(79)89(82)76-47-43-64(58-31-19-13-20-32-58)49-78(76)90(80)83-71(60-35-23-15-24-36-60)53-68(86(4,5)6)54-72(83)61-37-25-16-26-38-61/h13-57H,1-12H3/i13D,14D,19D,20D,21D,22D,31D,32D,33D,34D. The van der Waals surface area contributed by atoms with Crippen molar-refractivity contribution in [2.45, 2.75) is 105 Å². The first kappa shape index (κ1) is 48.2. The van der Waals surface area contributed by atoms with E-state index in [1.54, 1.807) is 0 Å². The van der Waals surface area contributed by atoms with Crippen molar-refractivity contribution in [3.8, 4) is 77.9 Å². The van der Waals surface area contributed by atoms with Crippen LogP contribution in [0.3, 0.4) is 0 Å². The minimum atomic E-state index is -0.608. The zero-order valence-electron chi connectivity index (χ0n) is 64.2. The molecular weight excluding hydrogens is 1100 g/mol. The van der Waals surface area contributed by atoms with E-state index >= 15 is 0 Å². The Morgan fingerprint density at radius 3 is 0.945 bits per heavy atom. The molecule has 2 nitrogen and oxygen atoms in total. The van der Waals surface area contributed by atoms with Crippen LogP contribution in [0.1, 0.15) is 119 Å². The molecule has 3 heteroatoms. The highest BCUT2D eigenvalue weighted by molar-refractivity contribution is 7.00. The zero-order valence-corrected chi connectivity index (χ0v) is 54.2. The zero-order chi connectivity index (χ0) is 71.8. The molecule has 0 fully saturated rings. The molecule has 2 aliphatic rings. The third-order valence-corrected chi connectivity index (χ3v) is 18.4. The van der Waals surface area contributed by atoms with E-state index in [0.29, 0.717) is 22.5 Å². The summed E-state index contributed by atoms with van der Waals surface area (Å²) in [5.74, 6) is 0. The minimum Gasteiger partial charge on any atom is -0.310 e. The number of fused-ring (bicyclic) bond motifs is 4. The summed E-state index contributed by atoms with van der Waals surface area (Å²) in [7, 11) is 0. The first-order chi connectivity index (χ1) is 47.8. The second kappa shape index (κ2) is 22.7. The summed E-state index contributed by atoms with van der Waals surface area (Å²) in [5, 5.41) is 0. The summed E-state index contributed by atoms with van der Waals surface area (Å²) >= 11 is 0. The lowest BCUT2D eigenvalue weighted by molar-refractivity contribution is 0.570. The number of nitrogens with zero attached hydrogens (tertiary/aromatic N) is 2. The Morgan fingerprint density at radius 1 is 0.275 bits per heavy atom. The molecule has 0 radical (unpaired) electrons. The van der Waals surface area contributed by atoms with Gasteiger partial charge in [-0.05, 0) is 164 Å². The molecule has 14 rings (SSSR count). The fraction of sp³-hybridized carbons (Fsp3) is 0.182. The van der Waals surface area contributed by atoms with Crippen molar-refractivity contribution in [2.75, 3.05) is 9.80 Å². The highest BCUT2D eigenvalue weighted by Gasteiger charge is 2.46. The van der Waals surface area contributed by atoms with Gasteiger partial charge in [-0.3, -0.25) is 0 Å². The van der Waals surface area contributed by atoms with Crippen LogP contribution >= 0.6 is 0 Å². The number of hydrogen-bond acceptors (Lipinski definition) is 2. The quantitative estimate of drug-likeness (QED) is 0.133. The van der Waals surface area contributed by atoms with Gasteiger partial charge in [0.2, 0.25) is 0 Å². The molecule has 12 aromatic carbocycles. The summed E-state index contributed by atoms with van der Waals surface area (Å²) in [4.78, 5) is 4.82. The molecule has 0 aromatic heterocycles. The van der Waals surface area contributed by atoms with Gasteiger partial charge >= 0.3 is 0 Å². The molecule has 446 valence electrons. The Bertz CT molecular complexity index is 4870. The lowest BCUT2D eigenvalue weighted by Crippen LogP contribution is -2.61. The van der Waals surface area contributed by atoms with E-state index < -0.39 is 48.4 Å².